The number of rotatable bonds is 12. The Kier molecular flexibility index (Phi) is 16.4. The van der Waals surface area contributed by atoms with Crippen LogP contribution >= 0.6 is 11.6 Å². The number of phenolic OH excluding ortho intramolecular Hbond substituents is 2. The van der Waals surface area contributed by atoms with Crippen molar-refractivity contribution in [3.63, 3.8) is 0 Å². The van der Waals surface area contributed by atoms with Crippen LogP contribution in [0.5, 0.6) is 11.5 Å². The first-order valence-corrected chi connectivity index (χ1v) is 14.5. The number of hydrogen-bond acceptors (Lipinski definition) is 8. The van der Waals surface area contributed by atoms with E-state index < -0.39 is 47.7 Å². The Morgan fingerprint density at radius 3 is 1.57 bits per heavy atom. The molecule has 0 heterocycles. The van der Waals surface area contributed by atoms with Crippen LogP contribution in [0, 0.1) is 17.7 Å². The van der Waals surface area contributed by atoms with Gasteiger partial charge in [0.25, 0.3) is 0 Å². The maximum absolute atomic E-state index is 13.2. The van der Waals surface area contributed by atoms with Gasteiger partial charge in [0.05, 0.1) is 29.6 Å². The first kappa shape index (κ1) is 37.8. The van der Waals surface area contributed by atoms with E-state index in [1.165, 1.54) is 24.3 Å². The fourth-order valence-electron chi connectivity index (χ4n) is 3.72. The molecule has 2 aromatic rings. The smallest absolute Gasteiger partial charge is 0.328 e. The molecule has 0 aliphatic heterocycles. The number of nitrogens with one attached hydrogen (secondary N) is 4. The van der Waals surface area contributed by atoms with Crippen molar-refractivity contribution in [1.29, 1.82) is 0 Å². The van der Waals surface area contributed by atoms with Crippen LogP contribution in [0.15, 0.2) is 36.4 Å². The highest BCUT2D eigenvalue weighted by atomic mass is 35.5. The Labute approximate surface area is 261 Å². The molecule has 14 heteroatoms. The quantitative estimate of drug-likeness (QED) is 0.125. The first-order chi connectivity index (χ1) is 20.7. The number of halogens is 2. The van der Waals surface area contributed by atoms with Gasteiger partial charge in [-0.2, -0.15) is 0 Å². The minimum absolute atomic E-state index is 0.0790. The third kappa shape index (κ3) is 13.4. The van der Waals surface area contributed by atoms with Gasteiger partial charge < -0.3 is 41.0 Å². The molecule has 2 aromatic carbocycles. The summed E-state index contributed by atoms with van der Waals surface area (Å²) in [6.07, 6.45) is 0.856. The van der Waals surface area contributed by atoms with Crippen LogP contribution in [0.2, 0.25) is 5.02 Å². The number of ether oxygens (including phenoxy) is 2. The second-order valence-corrected chi connectivity index (χ2v) is 10.7. The van der Waals surface area contributed by atoms with Crippen LogP contribution in [0.3, 0.4) is 0 Å². The van der Waals surface area contributed by atoms with Crippen molar-refractivity contribution in [2.75, 3.05) is 23.8 Å². The average Bonchev–Trinajstić information content (AvgIpc) is 2.93. The zero-order chi connectivity index (χ0) is 33.4. The summed E-state index contributed by atoms with van der Waals surface area (Å²) in [6, 6.07) is 5.46. The number of urea groups is 2. The van der Waals surface area contributed by atoms with Gasteiger partial charge in [0.2, 0.25) is 0 Å². The first-order valence-electron chi connectivity index (χ1n) is 14.1. The number of amides is 4. The SMILES string of the molecule is CCOC(=O)C(CC(C)C)NC(=O)Nc1cccc(Cl)c1O.CCOC(=O)C(CC(C)C)NC(=O)Nc1cccc(F)c1O. The molecule has 0 fully saturated rings. The maximum Gasteiger partial charge on any atom is 0.328 e. The fourth-order valence-corrected chi connectivity index (χ4v) is 3.90. The minimum Gasteiger partial charge on any atom is -0.504 e. The van der Waals surface area contributed by atoms with Crippen LogP contribution < -0.4 is 21.3 Å². The molecular weight excluding hydrogens is 599 g/mol. The van der Waals surface area contributed by atoms with E-state index in [0.717, 1.165) is 6.07 Å². The number of para-hydroxylation sites is 2. The van der Waals surface area contributed by atoms with Gasteiger partial charge in [-0.05, 0) is 62.8 Å². The van der Waals surface area contributed by atoms with Crippen molar-refractivity contribution in [1.82, 2.24) is 10.6 Å². The molecule has 2 unspecified atom stereocenters. The molecule has 2 rings (SSSR count). The Balaban J connectivity index is 0.000000440. The largest absolute Gasteiger partial charge is 0.504 e. The zero-order valence-electron chi connectivity index (χ0n) is 25.7. The molecule has 0 aromatic heterocycles. The number of anilines is 2. The number of esters is 2. The maximum atomic E-state index is 13.2. The van der Waals surface area contributed by atoms with Crippen molar-refractivity contribution in [3.05, 3.63) is 47.2 Å². The Bertz CT molecular complexity index is 1170. The van der Waals surface area contributed by atoms with E-state index in [2.05, 4.69) is 21.3 Å². The lowest BCUT2D eigenvalue weighted by Crippen LogP contribution is -2.44. The molecular formula is C30H42ClFN4O8. The number of benzene rings is 2. The molecule has 0 aliphatic carbocycles. The predicted molar refractivity (Wildman–Crippen MR) is 165 cm³/mol. The molecule has 0 saturated carbocycles. The van der Waals surface area contributed by atoms with Gasteiger partial charge in [-0.25, -0.2) is 23.6 Å². The molecule has 244 valence electrons. The van der Waals surface area contributed by atoms with E-state index in [9.17, 15) is 33.8 Å². The summed E-state index contributed by atoms with van der Waals surface area (Å²) < 4.78 is 23.1. The van der Waals surface area contributed by atoms with Crippen molar-refractivity contribution >= 4 is 47.0 Å². The summed E-state index contributed by atoms with van der Waals surface area (Å²) in [5, 5.41) is 29.2. The molecule has 0 bridgehead atoms. The van der Waals surface area contributed by atoms with E-state index in [0.29, 0.717) is 12.8 Å². The molecule has 6 N–H and O–H groups in total. The van der Waals surface area contributed by atoms with Gasteiger partial charge in [0.15, 0.2) is 17.3 Å². The average molecular weight is 641 g/mol. The summed E-state index contributed by atoms with van der Waals surface area (Å²) in [5.74, 6) is -2.38. The lowest BCUT2D eigenvalue weighted by molar-refractivity contribution is -0.146. The Hall–Kier alpha value is -4.26. The van der Waals surface area contributed by atoms with Crippen LogP contribution in [0.4, 0.5) is 25.4 Å². The molecule has 0 radical (unpaired) electrons. The summed E-state index contributed by atoms with van der Waals surface area (Å²) in [7, 11) is 0. The van der Waals surface area contributed by atoms with Gasteiger partial charge in [0.1, 0.15) is 12.1 Å². The third-order valence-corrected chi connectivity index (χ3v) is 5.94. The molecule has 0 spiro atoms. The van der Waals surface area contributed by atoms with Crippen LogP contribution in [0.1, 0.15) is 54.4 Å². The van der Waals surface area contributed by atoms with Crippen molar-refractivity contribution in [2.45, 2.75) is 66.5 Å². The summed E-state index contributed by atoms with van der Waals surface area (Å²) >= 11 is 5.77. The van der Waals surface area contributed by atoms with E-state index >= 15 is 0 Å². The van der Waals surface area contributed by atoms with E-state index in [1.807, 2.05) is 27.7 Å². The van der Waals surface area contributed by atoms with Crippen LogP contribution in [-0.2, 0) is 19.1 Å². The van der Waals surface area contributed by atoms with Crippen molar-refractivity contribution in [3.8, 4) is 11.5 Å². The van der Waals surface area contributed by atoms with E-state index in [1.54, 1.807) is 19.9 Å². The minimum atomic E-state index is -0.845. The lowest BCUT2D eigenvalue weighted by atomic mass is 10.0. The highest BCUT2D eigenvalue weighted by Crippen LogP contribution is 2.31. The molecule has 44 heavy (non-hydrogen) atoms. The Morgan fingerprint density at radius 1 is 0.750 bits per heavy atom. The highest BCUT2D eigenvalue weighted by molar-refractivity contribution is 6.32. The number of carbonyl (C=O) groups excluding carboxylic acids is 4. The molecule has 4 amide bonds. The van der Waals surface area contributed by atoms with E-state index in [4.69, 9.17) is 21.1 Å². The molecule has 0 aliphatic rings. The number of carbonyl (C=O) groups is 4. The van der Waals surface area contributed by atoms with Gasteiger partial charge in [-0.3, -0.25) is 0 Å². The second-order valence-electron chi connectivity index (χ2n) is 10.3. The Morgan fingerprint density at radius 2 is 1.16 bits per heavy atom. The normalized spacial score (nSPS) is 11.9. The zero-order valence-corrected chi connectivity index (χ0v) is 26.5. The van der Waals surface area contributed by atoms with Gasteiger partial charge >= 0.3 is 24.0 Å². The standard InChI is InChI=1S/C15H21ClN2O4.C15H21FN2O4/c2*1-4-22-14(20)12(8-9(2)3)18-15(21)17-11-7-5-6-10(16)13(11)19/h2*5-7,9,12,19H,4,8H2,1-3H3,(H2,17,18,21). The summed E-state index contributed by atoms with van der Waals surface area (Å²) in [6.45, 7) is 11.5. The van der Waals surface area contributed by atoms with Gasteiger partial charge in [-0.1, -0.05) is 51.4 Å². The fraction of sp³-hybridized carbons (Fsp3) is 0.467. The molecule has 2 atom stereocenters. The monoisotopic (exact) mass is 640 g/mol. The topological polar surface area (TPSA) is 175 Å². The number of phenols is 2. The summed E-state index contributed by atoms with van der Waals surface area (Å²) in [5.41, 5.74) is 0.0850. The molecule has 12 nitrogen and oxygen atoms in total. The predicted octanol–water partition coefficient (Wildman–Crippen LogP) is 5.78. The van der Waals surface area contributed by atoms with E-state index in [-0.39, 0.29) is 47.2 Å². The number of hydrogen-bond donors (Lipinski definition) is 6. The van der Waals surface area contributed by atoms with Gasteiger partial charge in [0, 0.05) is 0 Å². The van der Waals surface area contributed by atoms with Crippen LogP contribution in [-0.4, -0.2) is 59.5 Å². The highest BCUT2D eigenvalue weighted by Gasteiger charge is 2.25. The number of aromatic hydroxyl groups is 2. The molecule has 0 saturated heterocycles. The van der Waals surface area contributed by atoms with Gasteiger partial charge in [-0.15, -0.1) is 0 Å². The summed E-state index contributed by atoms with van der Waals surface area (Å²) in [4.78, 5) is 47.6. The van der Waals surface area contributed by atoms with Crippen molar-refractivity contribution in [2.24, 2.45) is 11.8 Å². The van der Waals surface area contributed by atoms with Crippen LogP contribution in [0.25, 0.3) is 0 Å². The lowest BCUT2D eigenvalue weighted by Gasteiger charge is -2.19. The third-order valence-electron chi connectivity index (χ3n) is 5.64. The van der Waals surface area contributed by atoms with Crippen molar-refractivity contribution < 1.29 is 43.3 Å². The second kappa shape index (κ2) is 19.1.